The molecule has 0 amide bonds. The lowest BCUT2D eigenvalue weighted by atomic mass is 10.1. The third kappa shape index (κ3) is 4.91. The van der Waals surface area contributed by atoms with Gasteiger partial charge in [-0.2, -0.15) is 17.4 Å². The van der Waals surface area contributed by atoms with Crippen molar-refractivity contribution >= 4 is 10.2 Å². The maximum Gasteiger partial charge on any atom is 0.279 e. The Morgan fingerprint density at radius 3 is 2.26 bits per heavy atom. The summed E-state index contributed by atoms with van der Waals surface area (Å²) in [6, 6.07) is 9.00. The molecule has 0 spiro atoms. The number of hydrogen-bond donors (Lipinski definition) is 2. The van der Waals surface area contributed by atoms with Gasteiger partial charge in [-0.3, -0.25) is 0 Å². The summed E-state index contributed by atoms with van der Waals surface area (Å²) < 4.78 is 28.0. The molecule has 0 unspecified atom stereocenters. The van der Waals surface area contributed by atoms with Crippen LogP contribution in [0.4, 0.5) is 0 Å². The summed E-state index contributed by atoms with van der Waals surface area (Å²) in [5.41, 5.74) is 0.990. The van der Waals surface area contributed by atoms with E-state index in [1.807, 2.05) is 30.3 Å². The van der Waals surface area contributed by atoms with E-state index in [1.165, 1.54) is 4.31 Å². The third-order valence-corrected chi connectivity index (χ3v) is 4.73. The average molecular weight is 286 g/mol. The van der Waals surface area contributed by atoms with E-state index in [1.54, 1.807) is 13.8 Å². The Kier molecular flexibility index (Phi) is 6.44. The van der Waals surface area contributed by atoms with Gasteiger partial charge in [0.15, 0.2) is 0 Å². The topological polar surface area (TPSA) is 69.6 Å². The Bertz CT molecular complexity index is 458. The molecule has 1 aromatic rings. The Morgan fingerprint density at radius 2 is 1.79 bits per heavy atom. The molecule has 2 N–H and O–H groups in total. The van der Waals surface area contributed by atoms with Crippen LogP contribution in [-0.2, 0) is 16.6 Å². The predicted octanol–water partition coefficient (Wildman–Crippen LogP) is 0.766. The van der Waals surface area contributed by atoms with Crippen molar-refractivity contribution < 1.29 is 13.5 Å². The highest BCUT2D eigenvalue weighted by Gasteiger charge is 2.22. The molecule has 108 valence electrons. The number of benzene rings is 1. The zero-order chi connectivity index (χ0) is 14.3. The van der Waals surface area contributed by atoms with Gasteiger partial charge in [0.2, 0.25) is 0 Å². The molecule has 1 aromatic carbocycles. The minimum absolute atomic E-state index is 0.227. The van der Waals surface area contributed by atoms with Gasteiger partial charge in [0.05, 0.1) is 12.6 Å². The van der Waals surface area contributed by atoms with Gasteiger partial charge in [0.25, 0.3) is 10.2 Å². The second-order valence-electron chi connectivity index (χ2n) is 4.28. The molecule has 6 heteroatoms. The molecule has 5 nitrogen and oxygen atoms in total. The van der Waals surface area contributed by atoms with Crippen LogP contribution >= 0.6 is 0 Å². The van der Waals surface area contributed by atoms with Gasteiger partial charge in [-0.1, -0.05) is 44.2 Å². The lowest BCUT2D eigenvalue weighted by molar-refractivity contribution is 0.253. The quantitative estimate of drug-likeness (QED) is 0.741. The average Bonchev–Trinajstić information content (AvgIpc) is 2.40. The summed E-state index contributed by atoms with van der Waals surface area (Å²) in [4.78, 5) is 0. The van der Waals surface area contributed by atoms with E-state index in [-0.39, 0.29) is 6.61 Å². The molecule has 1 rings (SSSR count). The Morgan fingerprint density at radius 1 is 1.21 bits per heavy atom. The van der Waals surface area contributed by atoms with Crippen LogP contribution in [0.5, 0.6) is 0 Å². The predicted molar refractivity (Wildman–Crippen MR) is 76.0 cm³/mol. The summed E-state index contributed by atoms with van der Waals surface area (Å²) in [7, 11) is -3.53. The van der Waals surface area contributed by atoms with E-state index in [0.29, 0.717) is 19.5 Å². The summed E-state index contributed by atoms with van der Waals surface area (Å²) in [5, 5.41) is 9.33. The number of aliphatic hydroxyl groups is 1. The number of hydrogen-bond acceptors (Lipinski definition) is 3. The SMILES string of the molecule is CCN(CC)S(=O)(=O)N[C@@H](CO)Cc1ccccc1. The smallest absolute Gasteiger partial charge is 0.279 e. The molecule has 0 aliphatic heterocycles. The van der Waals surface area contributed by atoms with Gasteiger partial charge in [-0.25, -0.2) is 0 Å². The van der Waals surface area contributed by atoms with E-state index < -0.39 is 16.3 Å². The number of nitrogens with zero attached hydrogens (tertiary/aromatic N) is 1. The molecule has 0 aromatic heterocycles. The molecule has 0 aliphatic carbocycles. The maximum absolute atomic E-state index is 12.1. The minimum Gasteiger partial charge on any atom is -0.395 e. The number of aliphatic hydroxyl groups excluding tert-OH is 1. The molecular weight excluding hydrogens is 264 g/mol. The molecule has 0 saturated carbocycles. The molecule has 0 bridgehead atoms. The van der Waals surface area contributed by atoms with Crippen LogP contribution in [0.2, 0.25) is 0 Å². The lowest BCUT2D eigenvalue weighted by Crippen LogP contribution is -2.47. The van der Waals surface area contributed by atoms with Crippen molar-refractivity contribution in [3.8, 4) is 0 Å². The second kappa shape index (κ2) is 7.59. The van der Waals surface area contributed by atoms with Crippen LogP contribution < -0.4 is 4.72 Å². The largest absolute Gasteiger partial charge is 0.395 e. The first-order valence-corrected chi connectivity index (χ1v) is 7.89. The van der Waals surface area contributed by atoms with Crippen molar-refractivity contribution in [3.05, 3.63) is 35.9 Å². The highest BCUT2D eigenvalue weighted by Crippen LogP contribution is 2.05. The van der Waals surface area contributed by atoms with Crippen LogP contribution in [0.3, 0.4) is 0 Å². The number of rotatable bonds is 8. The van der Waals surface area contributed by atoms with Crippen LogP contribution in [0.1, 0.15) is 19.4 Å². The number of nitrogens with one attached hydrogen (secondary N) is 1. The first kappa shape index (κ1) is 16.1. The van der Waals surface area contributed by atoms with Crippen molar-refractivity contribution in [2.75, 3.05) is 19.7 Å². The molecule has 0 fully saturated rings. The van der Waals surface area contributed by atoms with Crippen molar-refractivity contribution in [2.24, 2.45) is 0 Å². The molecule has 19 heavy (non-hydrogen) atoms. The van der Waals surface area contributed by atoms with Crippen LogP contribution in [0.25, 0.3) is 0 Å². The molecule has 0 aliphatic rings. The van der Waals surface area contributed by atoms with Gasteiger partial charge in [0, 0.05) is 13.1 Å². The fourth-order valence-corrected chi connectivity index (χ4v) is 3.30. The zero-order valence-electron chi connectivity index (χ0n) is 11.4. The van der Waals surface area contributed by atoms with Crippen molar-refractivity contribution in [2.45, 2.75) is 26.3 Å². The highest BCUT2D eigenvalue weighted by molar-refractivity contribution is 7.87. The fraction of sp³-hybridized carbons (Fsp3) is 0.538. The van der Waals surface area contributed by atoms with Crippen molar-refractivity contribution in [1.29, 1.82) is 0 Å². The molecular formula is C13H22N2O3S. The molecule has 0 saturated heterocycles. The second-order valence-corrected chi connectivity index (χ2v) is 5.98. The summed E-state index contributed by atoms with van der Waals surface area (Å²) in [6.45, 7) is 4.17. The molecule has 0 heterocycles. The highest BCUT2D eigenvalue weighted by atomic mass is 32.2. The molecule has 1 atom stereocenters. The summed E-state index contributed by atoms with van der Waals surface area (Å²) in [6.07, 6.45) is 0.470. The van der Waals surface area contributed by atoms with Gasteiger partial charge in [-0.05, 0) is 12.0 Å². The van der Waals surface area contributed by atoms with E-state index in [4.69, 9.17) is 0 Å². The lowest BCUT2D eigenvalue weighted by Gasteiger charge is -2.23. The first-order valence-electron chi connectivity index (χ1n) is 6.45. The Labute approximate surface area is 115 Å². The monoisotopic (exact) mass is 286 g/mol. The van der Waals surface area contributed by atoms with Gasteiger partial charge in [-0.15, -0.1) is 0 Å². The van der Waals surface area contributed by atoms with Crippen molar-refractivity contribution in [3.63, 3.8) is 0 Å². The third-order valence-electron chi connectivity index (χ3n) is 2.91. The summed E-state index contributed by atoms with van der Waals surface area (Å²) >= 11 is 0. The zero-order valence-corrected chi connectivity index (χ0v) is 12.2. The first-order chi connectivity index (χ1) is 9.03. The van der Waals surface area contributed by atoms with E-state index in [9.17, 15) is 13.5 Å². The van der Waals surface area contributed by atoms with Crippen molar-refractivity contribution in [1.82, 2.24) is 9.03 Å². The maximum atomic E-state index is 12.1. The van der Waals surface area contributed by atoms with Gasteiger partial charge in [0.1, 0.15) is 0 Å². The Balaban J connectivity index is 2.72. The minimum atomic E-state index is -3.53. The standard InChI is InChI=1S/C13H22N2O3S/c1-3-15(4-2)19(17,18)14-13(11-16)10-12-8-6-5-7-9-12/h5-9,13-14,16H,3-4,10-11H2,1-2H3/t13-/m1/s1. The normalized spacial score (nSPS) is 13.7. The molecule has 0 radical (unpaired) electrons. The Hall–Kier alpha value is -0.950. The van der Waals surface area contributed by atoms with E-state index in [2.05, 4.69) is 4.72 Å². The fourth-order valence-electron chi connectivity index (χ4n) is 1.89. The van der Waals surface area contributed by atoms with Crippen LogP contribution in [-0.4, -0.2) is 43.6 Å². The van der Waals surface area contributed by atoms with E-state index >= 15 is 0 Å². The van der Waals surface area contributed by atoms with E-state index in [0.717, 1.165) is 5.56 Å². The van der Waals surface area contributed by atoms with Gasteiger partial charge < -0.3 is 5.11 Å². The van der Waals surface area contributed by atoms with Gasteiger partial charge >= 0.3 is 0 Å². The van der Waals surface area contributed by atoms with Crippen LogP contribution in [0, 0.1) is 0 Å². The summed E-state index contributed by atoms with van der Waals surface area (Å²) in [5.74, 6) is 0. The van der Waals surface area contributed by atoms with Crippen LogP contribution in [0.15, 0.2) is 30.3 Å².